The van der Waals surface area contributed by atoms with E-state index in [1.165, 1.54) is 5.56 Å². The van der Waals surface area contributed by atoms with E-state index in [-0.39, 0.29) is 0 Å². The molecule has 1 fully saturated rings. The van der Waals surface area contributed by atoms with E-state index in [0.29, 0.717) is 6.04 Å². The van der Waals surface area contributed by atoms with E-state index in [2.05, 4.69) is 22.3 Å². The number of hydrogen-bond donors (Lipinski definition) is 1. The second-order valence-corrected chi connectivity index (χ2v) is 5.10. The maximum absolute atomic E-state index is 4.58. The van der Waals surface area contributed by atoms with Gasteiger partial charge in [0.25, 0.3) is 0 Å². The third-order valence-corrected chi connectivity index (χ3v) is 3.84. The average molecular weight is 238 g/mol. The summed E-state index contributed by atoms with van der Waals surface area (Å²) in [4.78, 5) is 4.58. The summed E-state index contributed by atoms with van der Waals surface area (Å²) < 4.78 is 1.84. The van der Waals surface area contributed by atoms with E-state index in [1.807, 2.05) is 36.6 Å². The Balaban J connectivity index is 1.97. The van der Waals surface area contributed by atoms with Crippen LogP contribution in [0.4, 0.5) is 0 Å². The van der Waals surface area contributed by atoms with Crippen LogP contribution in [0.2, 0.25) is 0 Å². The summed E-state index contributed by atoms with van der Waals surface area (Å²) in [6, 6.07) is 0.596. The minimum Gasteiger partial charge on any atom is -0.361 e. The minimum atomic E-state index is 0.596. The van der Waals surface area contributed by atoms with Crippen LogP contribution >= 0.6 is 11.8 Å². The molecule has 0 amide bonds. The molecule has 1 aromatic rings. The molecule has 0 saturated carbocycles. The van der Waals surface area contributed by atoms with Gasteiger partial charge in [0.15, 0.2) is 5.17 Å². The predicted molar refractivity (Wildman–Crippen MR) is 68.8 cm³/mol. The lowest BCUT2D eigenvalue weighted by atomic mass is 10.3. The van der Waals surface area contributed by atoms with Gasteiger partial charge in [-0.1, -0.05) is 18.7 Å². The summed E-state index contributed by atoms with van der Waals surface area (Å²) in [5.74, 6) is 1.14. The zero-order valence-electron chi connectivity index (χ0n) is 10.0. The third kappa shape index (κ3) is 2.58. The summed E-state index contributed by atoms with van der Waals surface area (Å²) in [6.45, 7) is 4.96. The molecule has 5 heteroatoms. The van der Waals surface area contributed by atoms with Gasteiger partial charge in [-0.3, -0.25) is 9.67 Å². The van der Waals surface area contributed by atoms with Crippen molar-refractivity contribution in [2.45, 2.75) is 32.9 Å². The van der Waals surface area contributed by atoms with E-state index < -0.39 is 0 Å². The van der Waals surface area contributed by atoms with Crippen molar-refractivity contribution in [1.29, 1.82) is 0 Å². The zero-order chi connectivity index (χ0) is 11.5. The van der Waals surface area contributed by atoms with Crippen molar-refractivity contribution in [3.05, 3.63) is 17.5 Å². The van der Waals surface area contributed by atoms with Gasteiger partial charge in [0.1, 0.15) is 0 Å². The van der Waals surface area contributed by atoms with Crippen LogP contribution in [0.3, 0.4) is 0 Å². The molecular weight excluding hydrogens is 220 g/mol. The molecule has 1 aliphatic rings. The van der Waals surface area contributed by atoms with Crippen molar-refractivity contribution in [3.63, 3.8) is 0 Å². The van der Waals surface area contributed by atoms with E-state index in [9.17, 15) is 0 Å². The number of nitrogens with one attached hydrogen (secondary N) is 1. The summed E-state index contributed by atoms with van der Waals surface area (Å²) in [5, 5.41) is 8.81. The molecule has 1 N–H and O–H groups in total. The van der Waals surface area contributed by atoms with Crippen LogP contribution in [0.1, 0.15) is 24.6 Å². The molecule has 0 bridgehead atoms. The monoisotopic (exact) mass is 238 g/mol. The second-order valence-electron chi connectivity index (χ2n) is 4.10. The topological polar surface area (TPSA) is 42.2 Å². The Morgan fingerprint density at radius 3 is 3.06 bits per heavy atom. The number of rotatable bonds is 3. The molecule has 0 radical (unpaired) electrons. The van der Waals surface area contributed by atoms with Crippen molar-refractivity contribution in [2.24, 2.45) is 12.0 Å². The zero-order valence-corrected chi connectivity index (χ0v) is 10.8. The Kier molecular flexibility index (Phi) is 3.53. The number of aryl methyl sites for hydroxylation is 2. The lowest BCUT2D eigenvalue weighted by molar-refractivity contribution is 0.667. The standard InChI is InChI=1S/C11H18N4S/c1-4-10-7-16-11(13-10)12-5-9-6-15(3)14-8(9)2/h6,10H,4-5,7H2,1-3H3,(H,12,13). The number of amidine groups is 1. The first-order chi connectivity index (χ1) is 7.69. The van der Waals surface area contributed by atoms with Crippen molar-refractivity contribution >= 4 is 16.9 Å². The fourth-order valence-electron chi connectivity index (χ4n) is 1.71. The van der Waals surface area contributed by atoms with Crippen molar-refractivity contribution in [1.82, 2.24) is 15.1 Å². The quantitative estimate of drug-likeness (QED) is 0.871. The summed E-state index contributed by atoms with van der Waals surface area (Å²) in [5.41, 5.74) is 2.28. The Hall–Kier alpha value is -0.970. The molecule has 1 aliphatic heterocycles. The van der Waals surface area contributed by atoms with Crippen LogP contribution in [0, 0.1) is 6.92 Å². The van der Waals surface area contributed by atoms with Gasteiger partial charge in [-0.15, -0.1) is 0 Å². The molecule has 2 rings (SSSR count). The van der Waals surface area contributed by atoms with Gasteiger partial charge in [0, 0.05) is 30.6 Å². The molecular formula is C11H18N4S. The van der Waals surface area contributed by atoms with Crippen LogP contribution in [0.15, 0.2) is 11.2 Å². The number of aromatic nitrogens is 2. The van der Waals surface area contributed by atoms with Crippen LogP contribution in [0.25, 0.3) is 0 Å². The molecule has 2 heterocycles. The third-order valence-electron chi connectivity index (χ3n) is 2.75. The maximum Gasteiger partial charge on any atom is 0.157 e. The Morgan fingerprint density at radius 2 is 2.50 bits per heavy atom. The number of thioether (sulfide) groups is 1. The highest BCUT2D eigenvalue weighted by molar-refractivity contribution is 8.14. The van der Waals surface area contributed by atoms with Crippen molar-refractivity contribution in [2.75, 3.05) is 5.75 Å². The smallest absolute Gasteiger partial charge is 0.157 e. The summed E-state index contributed by atoms with van der Waals surface area (Å²) >= 11 is 1.82. The summed E-state index contributed by atoms with van der Waals surface area (Å²) in [7, 11) is 1.94. The fraction of sp³-hybridized carbons (Fsp3) is 0.636. The van der Waals surface area contributed by atoms with Gasteiger partial charge < -0.3 is 5.32 Å². The van der Waals surface area contributed by atoms with Gasteiger partial charge in [0.2, 0.25) is 0 Å². The van der Waals surface area contributed by atoms with E-state index in [4.69, 9.17) is 0 Å². The fourth-order valence-corrected chi connectivity index (χ4v) is 2.79. The first-order valence-electron chi connectivity index (χ1n) is 5.62. The molecule has 1 aromatic heterocycles. The normalized spacial score (nSPS) is 22.7. The molecule has 16 heavy (non-hydrogen) atoms. The average Bonchev–Trinajstić information content (AvgIpc) is 2.82. The first-order valence-corrected chi connectivity index (χ1v) is 6.60. The van der Waals surface area contributed by atoms with E-state index in [1.54, 1.807) is 0 Å². The first kappa shape index (κ1) is 11.5. The summed E-state index contributed by atoms with van der Waals surface area (Å²) in [6.07, 6.45) is 3.20. The Labute approximate surface area is 101 Å². The van der Waals surface area contributed by atoms with Gasteiger partial charge in [-0.25, -0.2) is 0 Å². The minimum absolute atomic E-state index is 0.596. The molecule has 0 aromatic carbocycles. The molecule has 0 aliphatic carbocycles. The maximum atomic E-state index is 4.58. The van der Waals surface area contributed by atoms with Crippen molar-refractivity contribution in [3.8, 4) is 0 Å². The van der Waals surface area contributed by atoms with Crippen LogP contribution in [-0.4, -0.2) is 26.7 Å². The molecule has 1 atom stereocenters. The van der Waals surface area contributed by atoms with E-state index >= 15 is 0 Å². The van der Waals surface area contributed by atoms with Crippen LogP contribution < -0.4 is 5.32 Å². The largest absolute Gasteiger partial charge is 0.361 e. The van der Waals surface area contributed by atoms with Gasteiger partial charge >= 0.3 is 0 Å². The van der Waals surface area contributed by atoms with Crippen molar-refractivity contribution < 1.29 is 0 Å². The van der Waals surface area contributed by atoms with E-state index in [0.717, 1.165) is 29.6 Å². The van der Waals surface area contributed by atoms with Gasteiger partial charge in [-0.05, 0) is 13.3 Å². The van der Waals surface area contributed by atoms with Crippen LogP contribution in [0.5, 0.6) is 0 Å². The Morgan fingerprint density at radius 1 is 1.69 bits per heavy atom. The lowest BCUT2D eigenvalue weighted by Crippen LogP contribution is -2.25. The highest BCUT2D eigenvalue weighted by atomic mass is 32.2. The predicted octanol–water partition coefficient (Wildman–Crippen LogP) is 1.70. The molecule has 88 valence electrons. The molecule has 4 nitrogen and oxygen atoms in total. The number of nitrogens with zero attached hydrogens (tertiary/aromatic N) is 3. The van der Waals surface area contributed by atoms with Gasteiger partial charge in [0.05, 0.1) is 12.2 Å². The number of hydrogen-bond acceptors (Lipinski definition) is 3. The lowest BCUT2D eigenvalue weighted by Gasteiger charge is -2.04. The second kappa shape index (κ2) is 4.91. The molecule has 1 saturated heterocycles. The SMILES string of the molecule is CCC1CSC(=NCc2cn(C)nc2C)N1. The molecule has 1 unspecified atom stereocenters. The molecule has 0 spiro atoms. The Bertz CT molecular complexity index is 397. The number of aliphatic imine (C=N–C) groups is 1. The van der Waals surface area contributed by atoms with Crippen LogP contribution in [-0.2, 0) is 13.6 Å². The highest BCUT2D eigenvalue weighted by Gasteiger charge is 2.17. The van der Waals surface area contributed by atoms with Gasteiger partial charge in [-0.2, -0.15) is 5.10 Å². The highest BCUT2D eigenvalue weighted by Crippen LogP contribution is 2.16.